The minimum Gasteiger partial charge on any atom is -0.384 e. The number of likely N-dealkylation sites (tertiary alicyclic amines) is 1. The Hall–Kier alpha value is -0.920. The third-order valence-electron chi connectivity index (χ3n) is 6.23. The number of hydrogen-bond acceptors (Lipinski definition) is 4. The lowest BCUT2D eigenvalue weighted by atomic mass is 9.71. The number of hydrogen-bond donors (Lipinski definition) is 0. The summed E-state index contributed by atoms with van der Waals surface area (Å²) in [5.74, 6) is 0.397. The van der Waals surface area contributed by atoms with Gasteiger partial charge in [0.25, 0.3) is 0 Å². The first kappa shape index (κ1) is 18.9. The zero-order chi connectivity index (χ0) is 18.1. The average molecular weight is 371 g/mol. The van der Waals surface area contributed by atoms with Crippen molar-refractivity contribution in [1.82, 2.24) is 9.21 Å². The Morgan fingerprint density at radius 1 is 1.32 bits per heavy atom. The summed E-state index contributed by atoms with van der Waals surface area (Å²) in [6.07, 6.45) is 9.29. The van der Waals surface area contributed by atoms with Gasteiger partial charge in [0.2, 0.25) is 15.9 Å². The minimum atomic E-state index is -3.19. The molecule has 0 bridgehead atoms. The molecule has 3 aliphatic rings. The Morgan fingerprint density at radius 2 is 2.04 bits per heavy atom. The fourth-order valence-electron chi connectivity index (χ4n) is 4.62. The molecule has 1 spiro atoms. The maximum absolute atomic E-state index is 12.7. The van der Waals surface area contributed by atoms with Crippen molar-refractivity contribution in [2.45, 2.75) is 38.5 Å². The summed E-state index contributed by atoms with van der Waals surface area (Å²) in [7, 11) is -1.52. The highest BCUT2D eigenvalue weighted by atomic mass is 32.2. The third-order valence-corrected chi connectivity index (χ3v) is 7.45. The van der Waals surface area contributed by atoms with Gasteiger partial charge in [-0.25, -0.2) is 12.7 Å². The lowest BCUT2D eigenvalue weighted by Crippen LogP contribution is -2.47. The molecule has 3 rings (SSSR count). The van der Waals surface area contributed by atoms with E-state index in [0.29, 0.717) is 32.8 Å². The van der Waals surface area contributed by atoms with Crippen molar-refractivity contribution in [2.24, 2.45) is 11.3 Å². The zero-order valence-corrected chi connectivity index (χ0v) is 16.2. The molecule has 1 atom stereocenters. The Bertz CT molecular complexity index is 635. The molecular formula is C18H30N2O4S. The van der Waals surface area contributed by atoms with Gasteiger partial charge in [0.05, 0.1) is 12.9 Å². The summed E-state index contributed by atoms with van der Waals surface area (Å²) in [5, 5.41) is 0. The first-order chi connectivity index (χ1) is 11.9. The van der Waals surface area contributed by atoms with Crippen LogP contribution in [0.5, 0.6) is 0 Å². The largest absolute Gasteiger partial charge is 0.384 e. The number of allylic oxidation sites excluding steroid dienone is 1. The molecule has 2 fully saturated rings. The summed E-state index contributed by atoms with van der Waals surface area (Å²) in [4.78, 5) is 14.7. The molecule has 6 nitrogen and oxygen atoms in total. The molecule has 0 aromatic heterocycles. The van der Waals surface area contributed by atoms with Crippen LogP contribution in [0.25, 0.3) is 0 Å². The van der Waals surface area contributed by atoms with Crippen LogP contribution in [-0.2, 0) is 19.6 Å². The summed E-state index contributed by atoms with van der Waals surface area (Å²) in [6, 6.07) is 0. The van der Waals surface area contributed by atoms with Crippen molar-refractivity contribution in [2.75, 3.05) is 46.2 Å². The molecule has 0 N–H and O–H groups in total. The van der Waals surface area contributed by atoms with Gasteiger partial charge >= 0.3 is 0 Å². The predicted octanol–water partition coefficient (Wildman–Crippen LogP) is 1.63. The minimum absolute atomic E-state index is 0.0587. The standard InChI is InChI=1S/C18H30N2O4S/c1-24-13-16-12-20(25(2,22)23)14-18(16)8-10-19(11-9-18)17(21)15-6-4-3-5-7-15/h6,16H,3-5,7-14H2,1-2H3. The number of rotatable bonds is 4. The average Bonchev–Trinajstić information content (AvgIpc) is 2.95. The van der Waals surface area contributed by atoms with Gasteiger partial charge in [-0.15, -0.1) is 0 Å². The van der Waals surface area contributed by atoms with E-state index in [4.69, 9.17) is 4.74 Å². The molecule has 2 aliphatic heterocycles. The highest BCUT2D eigenvalue weighted by Gasteiger charge is 2.50. The van der Waals surface area contributed by atoms with Crippen LogP contribution in [0.3, 0.4) is 0 Å². The van der Waals surface area contributed by atoms with Crippen LogP contribution in [0.15, 0.2) is 11.6 Å². The molecular weight excluding hydrogens is 340 g/mol. The molecule has 25 heavy (non-hydrogen) atoms. The van der Waals surface area contributed by atoms with Gasteiger partial charge in [-0.3, -0.25) is 4.79 Å². The van der Waals surface area contributed by atoms with E-state index in [9.17, 15) is 13.2 Å². The summed E-state index contributed by atoms with van der Waals surface area (Å²) >= 11 is 0. The maximum Gasteiger partial charge on any atom is 0.249 e. The van der Waals surface area contributed by atoms with E-state index in [2.05, 4.69) is 6.08 Å². The van der Waals surface area contributed by atoms with Crippen molar-refractivity contribution in [3.05, 3.63) is 11.6 Å². The second-order valence-electron chi connectivity index (χ2n) is 7.84. The van der Waals surface area contributed by atoms with Crippen molar-refractivity contribution in [3.8, 4) is 0 Å². The second kappa shape index (κ2) is 7.37. The van der Waals surface area contributed by atoms with Crippen LogP contribution >= 0.6 is 0 Å². The zero-order valence-electron chi connectivity index (χ0n) is 15.4. The number of carbonyl (C=O) groups is 1. The molecule has 1 amide bonds. The number of piperidine rings is 1. The van der Waals surface area contributed by atoms with Gasteiger partial charge in [-0.05, 0) is 43.9 Å². The Labute approximate surface area is 151 Å². The monoisotopic (exact) mass is 370 g/mol. The van der Waals surface area contributed by atoms with E-state index in [1.165, 1.54) is 12.7 Å². The summed E-state index contributed by atoms with van der Waals surface area (Å²) in [6.45, 7) is 3.10. The predicted molar refractivity (Wildman–Crippen MR) is 96.6 cm³/mol. The summed E-state index contributed by atoms with van der Waals surface area (Å²) < 4.78 is 31.0. The Kier molecular flexibility index (Phi) is 5.56. The van der Waals surface area contributed by atoms with Crippen molar-refractivity contribution in [1.29, 1.82) is 0 Å². The van der Waals surface area contributed by atoms with E-state index in [1.54, 1.807) is 11.4 Å². The fourth-order valence-corrected chi connectivity index (χ4v) is 5.57. The number of nitrogens with zero attached hydrogens (tertiary/aromatic N) is 2. The van der Waals surface area contributed by atoms with Crippen LogP contribution in [0.4, 0.5) is 0 Å². The number of amides is 1. The first-order valence-electron chi connectivity index (χ1n) is 9.28. The maximum atomic E-state index is 12.7. The number of carbonyl (C=O) groups excluding carboxylic acids is 1. The number of sulfonamides is 1. The van der Waals surface area contributed by atoms with Gasteiger partial charge in [-0.1, -0.05) is 6.08 Å². The molecule has 142 valence electrons. The van der Waals surface area contributed by atoms with Crippen LogP contribution in [-0.4, -0.2) is 69.7 Å². The molecule has 7 heteroatoms. The molecule has 2 heterocycles. The Balaban J connectivity index is 1.68. The van der Waals surface area contributed by atoms with E-state index in [-0.39, 0.29) is 17.2 Å². The van der Waals surface area contributed by atoms with Gasteiger partial charge in [-0.2, -0.15) is 0 Å². The van der Waals surface area contributed by atoms with Crippen molar-refractivity contribution < 1.29 is 17.9 Å². The molecule has 0 radical (unpaired) electrons. The molecule has 1 aliphatic carbocycles. The van der Waals surface area contributed by atoms with E-state index in [1.807, 2.05) is 4.90 Å². The van der Waals surface area contributed by atoms with Gasteiger partial charge in [0, 0.05) is 44.8 Å². The molecule has 0 aromatic rings. The second-order valence-corrected chi connectivity index (χ2v) is 9.82. The topological polar surface area (TPSA) is 66.9 Å². The number of methoxy groups -OCH3 is 1. The van der Waals surface area contributed by atoms with Gasteiger partial charge in [0.1, 0.15) is 0 Å². The van der Waals surface area contributed by atoms with Gasteiger partial charge < -0.3 is 9.64 Å². The number of ether oxygens (including phenoxy) is 1. The van der Waals surface area contributed by atoms with E-state index >= 15 is 0 Å². The van der Waals surface area contributed by atoms with Crippen LogP contribution in [0.1, 0.15) is 38.5 Å². The SMILES string of the molecule is COCC1CN(S(C)(=O)=O)CC12CCN(C(=O)C1=CCCCC1)CC2. The molecule has 0 saturated carbocycles. The molecule has 1 unspecified atom stereocenters. The lowest BCUT2D eigenvalue weighted by molar-refractivity contribution is -0.130. The van der Waals surface area contributed by atoms with Crippen molar-refractivity contribution >= 4 is 15.9 Å². The van der Waals surface area contributed by atoms with E-state index in [0.717, 1.165) is 37.7 Å². The lowest BCUT2D eigenvalue weighted by Gasteiger charge is -2.42. The normalized spacial score (nSPS) is 27.5. The van der Waals surface area contributed by atoms with Crippen LogP contribution in [0, 0.1) is 11.3 Å². The van der Waals surface area contributed by atoms with Crippen LogP contribution in [0.2, 0.25) is 0 Å². The molecule has 0 aromatic carbocycles. The smallest absolute Gasteiger partial charge is 0.249 e. The third kappa shape index (κ3) is 3.93. The van der Waals surface area contributed by atoms with Gasteiger partial charge in [0.15, 0.2) is 0 Å². The first-order valence-corrected chi connectivity index (χ1v) is 11.1. The fraction of sp³-hybridized carbons (Fsp3) is 0.833. The van der Waals surface area contributed by atoms with E-state index < -0.39 is 10.0 Å². The highest BCUT2D eigenvalue weighted by Crippen LogP contribution is 2.45. The van der Waals surface area contributed by atoms with Crippen molar-refractivity contribution in [3.63, 3.8) is 0 Å². The Morgan fingerprint density at radius 3 is 2.60 bits per heavy atom. The van der Waals surface area contributed by atoms with Crippen LogP contribution < -0.4 is 0 Å². The molecule has 2 saturated heterocycles. The highest BCUT2D eigenvalue weighted by molar-refractivity contribution is 7.88. The quantitative estimate of drug-likeness (QED) is 0.754. The summed E-state index contributed by atoms with van der Waals surface area (Å²) in [5.41, 5.74) is 0.913.